The van der Waals surface area contributed by atoms with Crippen LogP contribution in [0.3, 0.4) is 0 Å². The fourth-order valence-corrected chi connectivity index (χ4v) is 2.44. The summed E-state index contributed by atoms with van der Waals surface area (Å²) < 4.78 is 11.4. The van der Waals surface area contributed by atoms with Crippen molar-refractivity contribution in [3.63, 3.8) is 0 Å². The Labute approximate surface area is 143 Å². The monoisotopic (exact) mass is 330 g/mol. The van der Waals surface area contributed by atoms with Gasteiger partial charge >= 0.3 is 0 Å². The van der Waals surface area contributed by atoms with Crippen molar-refractivity contribution < 1.29 is 14.3 Å². The van der Waals surface area contributed by atoms with Crippen molar-refractivity contribution in [3.8, 4) is 5.75 Å². The third-order valence-electron chi connectivity index (χ3n) is 4.06. The maximum absolute atomic E-state index is 12.7. The summed E-state index contributed by atoms with van der Waals surface area (Å²) >= 11 is 0. The first-order valence-electron chi connectivity index (χ1n) is 8.51. The highest BCUT2D eigenvalue weighted by atomic mass is 16.5. The smallest absolute Gasteiger partial charge is 0.256 e. The van der Waals surface area contributed by atoms with E-state index >= 15 is 0 Å². The number of fused-ring (bicyclic) bond motifs is 1. The molecule has 0 aliphatic carbocycles. The molecule has 1 aromatic heterocycles. The van der Waals surface area contributed by atoms with Crippen LogP contribution in [0.5, 0.6) is 5.75 Å². The molecule has 0 saturated carbocycles. The van der Waals surface area contributed by atoms with Crippen LogP contribution in [0.15, 0.2) is 30.5 Å². The Balaban J connectivity index is 2.33. The number of hydrogen-bond acceptors (Lipinski definition) is 4. The molecule has 5 heteroatoms. The van der Waals surface area contributed by atoms with Gasteiger partial charge in [-0.3, -0.25) is 9.78 Å². The Kier molecular flexibility index (Phi) is 6.15. The zero-order chi connectivity index (χ0) is 17.6. The van der Waals surface area contributed by atoms with Crippen LogP contribution < -0.4 is 10.1 Å². The molecule has 1 heterocycles. The minimum Gasteiger partial charge on any atom is -0.492 e. The number of nitrogens with one attached hydrogen (secondary N) is 1. The van der Waals surface area contributed by atoms with Gasteiger partial charge in [-0.15, -0.1) is 0 Å². The van der Waals surface area contributed by atoms with E-state index in [-0.39, 0.29) is 5.91 Å². The van der Waals surface area contributed by atoms with Gasteiger partial charge in [-0.2, -0.15) is 0 Å². The lowest BCUT2D eigenvalue weighted by molar-refractivity contribution is -0.139. The van der Waals surface area contributed by atoms with Gasteiger partial charge in [-0.1, -0.05) is 13.8 Å². The summed E-state index contributed by atoms with van der Waals surface area (Å²) in [7, 11) is 0. The molecule has 0 radical (unpaired) electrons. The second kappa shape index (κ2) is 8.11. The zero-order valence-electron chi connectivity index (χ0n) is 14.9. The van der Waals surface area contributed by atoms with E-state index in [4.69, 9.17) is 9.47 Å². The van der Waals surface area contributed by atoms with E-state index in [0.717, 1.165) is 17.3 Å². The molecule has 2 rings (SSSR count). The number of hydrogen-bond donors (Lipinski definition) is 1. The molecule has 1 aromatic carbocycles. The summed E-state index contributed by atoms with van der Waals surface area (Å²) in [5.41, 5.74) is 0.611. The third-order valence-corrected chi connectivity index (χ3v) is 4.06. The molecule has 1 amide bonds. The molecule has 0 aliphatic heterocycles. The Bertz CT molecular complexity index is 702. The summed E-state index contributed by atoms with van der Waals surface area (Å²) in [4.78, 5) is 17.1. The number of aromatic nitrogens is 1. The van der Waals surface area contributed by atoms with Crippen LogP contribution in [0.4, 0.5) is 5.69 Å². The van der Waals surface area contributed by atoms with Crippen molar-refractivity contribution in [2.45, 2.75) is 46.1 Å². The highest BCUT2D eigenvalue weighted by Gasteiger charge is 2.32. The van der Waals surface area contributed by atoms with Crippen LogP contribution in [-0.2, 0) is 9.53 Å². The van der Waals surface area contributed by atoms with E-state index in [1.807, 2.05) is 52.0 Å². The largest absolute Gasteiger partial charge is 0.492 e. The molecule has 0 fully saturated rings. The molecule has 0 aliphatic rings. The number of amides is 1. The number of ether oxygens (including phenoxy) is 2. The van der Waals surface area contributed by atoms with Crippen molar-refractivity contribution in [3.05, 3.63) is 30.5 Å². The summed E-state index contributed by atoms with van der Waals surface area (Å²) in [5, 5.41) is 3.85. The van der Waals surface area contributed by atoms with E-state index < -0.39 is 5.60 Å². The number of carbonyl (C=O) groups is 1. The third kappa shape index (κ3) is 3.85. The molecular weight excluding hydrogens is 304 g/mol. The predicted molar refractivity (Wildman–Crippen MR) is 96.5 cm³/mol. The first kappa shape index (κ1) is 18.2. The summed E-state index contributed by atoms with van der Waals surface area (Å²) in [6.45, 7) is 8.86. The van der Waals surface area contributed by atoms with Crippen LogP contribution in [0.1, 0.15) is 40.5 Å². The lowest BCUT2D eigenvalue weighted by Crippen LogP contribution is -2.42. The van der Waals surface area contributed by atoms with Gasteiger partial charge in [-0.25, -0.2) is 0 Å². The molecular formula is C19H26N2O3. The number of anilines is 1. The number of carbonyl (C=O) groups excluding carboxylic acids is 1. The van der Waals surface area contributed by atoms with Gasteiger partial charge in [0.05, 0.1) is 12.3 Å². The standard InChI is InChI=1S/C19H26N2O3/c1-5-13-24-19(4,6-2)18(22)21-15-10-11-16(23-7-3)17-14(15)9-8-12-20-17/h8-12H,5-7,13H2,1-4H3,(H,21,22). The van der Waals surface area contributed by atoms with E-state index in [1.54, 1.807) is 6.20 Å². The maximum atomic E-state index is 12.7. The van der Waals surface area contributed by atoms with E-state index in [1.165, 1.54) is 0 Å². The summed E-state index contributed by atoms with van der Waals surface area (Å²) in [5.74, 6) is 0.569. The van der Waals surface area contributed by atoms with Gasteiger partial charge in [-0.05, 0) is 51.0 Å². The fraction of sp³-hybridized carbons (Fsp3) is 0.474. The van der Waals surface area contributed by atoms with Gasteiger partial charge in [0, 0.05) is 18.2 Å². The molecule has 130 valence electrons. The normalized spacial score (nSPS) is 13.5. The first-order valence-corrected chi connectivity index (χ1v) is 8.51. The zero-order valence-corrected chi connectivity index (χ0v) is 14.9. The van der Waals surface area contributed by atoms with Crippen LogP contribution in [0.2, 0.25) is 0 Å². The fourth-order valence-electron chi connectivity index (χ4n) is 2.44. The molecule has 0 saturated heterocycles. The Morgan fingerprint density at radius 3 is 2.71 bits per heavy atom. The van der Waals surface area contributed by atoms with Gasteiger partial charge in [0.25, 0.3) is 5.91 Å². The van der Waals surface area contributed by atoms with E-state index in [9.17, 15) is 4.79 Å². The Hall–Kier alpha value is -2.14. The van der Waals surface area contributed by atoms with Gasteiger partial charge in [0.1, 0.15) is 16.9 Å². The lowest BCUT2D eigenvalue weighted by Gasteiger charge is -2.27. The van der Waals surface area contributed by atoms with Crippen molar-refractivity contribution in [2.75, 3.05) is 18.5 Å². The number of benzene rings is 1. The molecule has 1 atom stereocenters. The molecule has 2 aromatic rings. The topological polar surface area (TPSA) is 60.5 Å². The summed E-state index contributed by atoms with van der Waals surface area (Å²) in [6.07, 6.45) is 3.20. The lowest BCUT2D eigenvalue weighted by atomic mass is 10.0. The second-order valence-electron chi connectivity index (χ2n) is 5.83. The van der Waals surface area contributed by atoms with Crippen molar-refractivity contribution in [1.82, 2.24) is 4.98 Å². The number of nitrogens with zero attached hydrogens (tertiary/aromatic N) is 1. The number of rotatable bonds is 8. The minimum absolute atomic E-state index is 0.146. The maximum Gasteiger partial charge on any atom is 0.256 e. The van der Waals surface area contributed by atoms with Crippen molar-refractivity contribution >= 4 is 22.5 Å². The first-order chi connectivity index (χ1) is 11.6. The van der Waals surface area contributed by atoms with Gasteiger partial charge < -0.3 is 14.8 Å². The van der Waals surface area contributed by atoms with Gasteiger partial charge in [0.2, 0.25) is 0 Å². The van der Waals surface area contributed by atoms with Crippen molar-refractivity contribution in [2.24, 2.45) is 0 Å². The predicted octanol–water partition coefficient (Wildman–Crippen LogP) is 4.17. The number of pyridine rings is 1. The molecule has 5 nitrogen and oxygen atoms in total. The quantitative estimate of drug-likeness (QED) is 0.789. The second-order valence-corrected chi connectivity index (χ2v) is 5.83. The van der Waals surface area contributed by atoms with Crippen LogP contribution in [0, 0.1) is 0 Å². The Morgan fingerprint density at radius 2 is 2.04 bits per heavy atom. The SMILES string of the molecule is CCCOC(C)(CC)C(=O)Nc1ccc(OCC)c2ncccc12. The van der Waals surface area contributed by atoms with E-state index in [0.29, 0.717) is 31.1 Å². The highest BCUT2D eigenvalue weighted by molar-refractivity contribution is 6.05. The van der Waals surface area contributed by atoms with Crippen molar-refractivity contribution in [1.29, 1.82) is 0 Å². The average molecular weight is 330 g/mol. The molecule has 0 bridgehead atoms. The highest BCUT2D eigenvalue weighted by Crippen LogP contribution is 2.31. The van der Waals surface area contributed by atoms with Gasteiger partial charge in [0.15, 0.2) is 0 Å². The van der Waals surface area contributed by atoms with Crippen LogP contribution in [0.25, 0.3) is 10.9 Å². The molecule has 1 unspecified atom stereocenters. The van der Waals surface area contributed by atoms with Crippen LogP contribution in [-0.4, -0.2) is 29.7 Å². The molecule has 0 spiro atoms. The van der Waals surface area contributed by atoms with E-state index in [2.05, 4.69) is 10.3 Å². The molecule has 24 heavy (non-hydrogen) atoms. The Morgan fingerprint density at radius 1 is 1.25 bits per heavy atom. The average Bonchev–Trinajstić information content (AvgIpc) is 2.61. The minimum atomic E-state index is -0.844. The molecule has 1 N–H and O–H groups in total. The summed E-state index contributed by atoms with van der Waals surface area (Å²) in [6, 6.07) is 7.46. The van der Waals surface area contributed by atoms with Crippen LogP contribution >= 0.6 is 0 Å².